The lowest BCUT2D eigenvalue weighted by molar-refractivity contribution is -0.351. The summed E-state index contributed by atoms with van der Waals surface area (Å²) in [5.41, 5.74) is -2.33. The molecule has 0 unspecified atom stereocenters. The Bertz CT molecular complexity index is 1600. The highest BCUT2D eigenvalue weighted by atomic mass is 16.8. The van der Waals surface area contributed by atoms with Crippen molar-refractivity contribution >= 4 is 41.9 Å². The summed E-state index contributed by atoms with van der Waals surface area (Å²) >= 11 is 0. The van der Waals surface area contributed by atoms with E-state index in [0.717, 1.165) is 33.1 Å². The van der Waals surface area contributed by atoms with Gasteiger partial charge < -0.3 is 52.5 Å². The Morgan fingerprint density at radius 3 is 2.02 bits per heavy atom. The number of carbonyl (C=O) groups is 6. The van der Waals surface area contributed by atoms with E-state index >= 15 is 0 Å². The third kappa shape index (κ3) is 8.22. The lowest BCUT2D eigenvalue weighted by Crippen LogP contribution is -2.64. The number of fused-ring (bicyclic) bond motifs is 3. The maximum atomic E-state index is 12.8. The Labute approximate surface area is 291 Å². The summed E-state index contributed by atoms with van der Waals surface area (Å²) in [6.07, 6.45) is -5.80. The Morgan fingerprint density at radius 2 is 1.41 bits per heavy atom. The quantitative estimate of drug-likeness (QED) is 0.111. The summed E-state index contributed by atoms with van der Waals surface area (Å²) < 4.78 is 56.2. The molecule has 1 aromatic rings. The van der Waals surface area contributed by atoms with Crippen LogP contribution < -0.4 is 4.74 Å². The lowest BCUT2D eigenvalue weighted by atomic mass is 9.82. The molecule has 3 aliphatic heterocycles. The fraction of sp³-hybridized carbons (Fsp3) is 0.529. The van der Waals surface area contributed by atoms with Gasteiger partial charge in [0.05, 0.1) is 12.2 Å². The molecule has 17 heteroatoms. The van der Waals surface area contributed by atoms with E-state index in [-0.39, 0.29) is 0 Å². The highest BCUT2D eigenvalue weighted by Gasteiger charge is 2.81. The number of hydrogen-bond donors (Lipinski definition) is 1. The number of aliphatic hydroxyl groups is 1. The summed E-state index contributed by atoms with van der Waals surface area (Å²) in [4.78, 5) is 72.7. The molecule has 0 bridgehead atoms. The largest absolute Gasteiger partial charge is 0.472 e. The number of rotatable bonds is 11. The molecule has 1 aliphatic carbocycles. The summed E-state index contributed by atoms with van der Waals surface area (Å²) in [5.74, 6) is -5.21. The van der Waals surface area contributed by atoms with Crippen LogP contribution in [0.25, 0.3) is 6.08 Å². The Hall–Kier alpha value is -4.84. The normalized spacial score (nSPS) is 34.6. The van der Waals surface area contributed by atoms with Gasteiger partial charge in [0.15, 0.2) is 24.4 Å². The van der Waals surface area contributed by atoms with Gasteiger partial charge in [-0.15, -0.1) is 0 Å². The molecule has 11 atom stereocenters. The Balaban J connectivity index is 1.39. The Morgan fingerprint density at radius 1 is 0.804 bits per heavy atom. The standard InChI is InChI=1S/C34H38O17/c1-16(35)44-22-10-7-21(8-11-22)9-12-24(40)43-15-23-25(45-17(2)36)26(46-18(3)37)27(47-19(4)38)31(49-23)50-32-28-33(6)29(51-33)30(48-20(5)39)34(28,41)13-14-42-32/h7-14,23,25-32,41H,15H2,1-6H3/b12-9+/t23-,25+,26+,27-,28-,29+,30-,31+,32+,33-,34+/m1/s1. The van der Waals surface area contributed by atoms with Gasteiger partial charge in [0.1, 0.15) is 35.8 Å². The summed E-state index contributed by atoms with van der Waals surface area (Å²) in [6.45, 7) is 6.79. The van der Waals surface area contributed by atoms with Gasteiger partial charge >= 0.3 is 35.8 Å². The van der Waals surface area contributed by atoms with E-state index in [1.54, 1.807) is 19.1 Å². The number of esters is 6. The zero-order valence-corrected chi connectivity index (χ0v) is 28.5. The van der Waals surface area contributed by atoms with Crippen molar-refractivity contribution in [2.24, 2.45) is 5.92 Å². The molecule has 3 heterocycles. The van der Waals surface area contributed by atoms with Crippen molar-refractivity contribution < 1.29 is 81.2 Å². The smallest absolute Gasteiger partial charge is 0.330 e. The third-order valence-corrected chi connectivity index (χ3v) is 8.56. The number of hydrogen-bond acceptors (Lipinski definition) is 17. The van der Waals surface area contributed by atoms with Crippen LogP contribution in [0, 0.1) is 5.92 Å². The van der Waals surface area contributed by atoms with Crippen LogP contribution in [0.3, 0.4) is 0 Å². The number of ether oxygens (including phenoxy) is 10. The van der Waals surface area contributed by atoms with Crippen molar-refractivity contribution in [1.82, 2.24) is 0 Å². The van der Waals surface area contributed by atoms with Gasteiger partial charge in [-0.05, 0) is 36.8 Å². The van der Waals surface area contributed by atoms with Gasteiger partial charge in [-0.3, -0.25) is 24.0 Å². The van der Waals surface area contributed by atoms with Crippen LogP contribution in [-0.2, 0) is 71.4 Å². The van der Waals surface area contributed by atoms with Crippen molar-refractivity contribution in [3.05, 3.63) is 48.2 Å². The van der Waals surface area contributed by atoms with Crippen molar-refractivity contribution in [3.63, 3.8) is 0 Å². The van der Waals surface area contributed by atoms with Gasteiger partial charge in [0.25, 0.3) is 0 Å². The molecular weight excluding hydrogens is 680 g/mol. The highest BCUT2D eigenvalue weighted by molar-refractivity contribution is 5.87. The first-order valence-electron chi connectivity index (χ1n) is 15.9. The van der Waals surface area contributed by atoms with Crippen LogP contribution in [0.4, 0.5) is 0 Å². The Kier molecular flexibility index (Phi) is 10.9. The molecular formula is C34H38O17. The molecule has 17 nitrogen and oxygen atoms in total. The first kappa shape index (κ1) is 37.4. The molecule has 1 N–H and O–H groups in total. The molecule has 1 aromatic carbocycles. The number of benzene rings is 1. The van der Waals surface area contributed by atoms with E-state index in [0.29, 0.717) is 11.3 Å². The molecule has 3 fully saturated rings. The molecule has 1 saturated carbocycles. The first-order valence-corrected chi connectivity index (χ1v) is 15.9. The minimum atomic E-state index is -1.81. The third-order valence-electron chi connectivity index (χ3n) is 8.56. The topological polar surface area (TPSA) is 218 Å². The molecule has 51 heavy (non-hydrogen) atoms. The van der Waals surface area contributed by atoms with Crippen LogP contribution >= 0.6 is 0 Å². The van der Waals surface area contributed by atoms with E-state index in [9.17, 15) is 33.9 Å². The van der Waals surface area contributed by atoms with Crippen LogP contribution in [0.2, 0.25) is 0 Å². The molecule has 276 valence electrons. The van der Waals surface area contributed by atoms with Crippen LogP contribution in [-0.4, -0.2) is 108 Å². The van der Waals surface area contributed by atoms with Crippen LogP contribution in [0.15, 0.2) is 42.7 Å². The predicted molar refractivity (Wildman–Crippen MR) is 165 cm³/mol. The fourth-order valence-corrected chi connectivity index (χ4v) is 6.59. The lowest BCUT2D eigenvalue weighted by Gasteiger charge is -2.47. The molecule has 0 aromatic heterocycles. The van der Waals surface area contributed by atoms with E-state index in [1.165, 1.54) is 38.1 Å². The zero-order chi connectivity index (χ0) is 37.2. The summed E-state index contributed by atoms with van der Waals surface area (Å²) in [7, 11) is 0. The van der Waals surface area contributed by atoms with E-state index < -0.39 is 109 Å². The van der Waals surface area contributed by atoms with E-state index in [1.807, 2.05) is 0 Å². The van der Waals surface area contributed by atoms with Crippen molar-refractivity contribution in [1.29, 1.82) is 0 Å². The molecule has 5 rings (SSSR count). The number of epoxide rings is 1. The molecule has 0 spiro atoms. The molecule has 0 radical (unpaired) electrons. The van der Waals surface area contributed by atoms with Crippen molar-refractivity contribution in [3.8, 4) is 5.75 Å². The van der Waals surface area contributed by atoms with E-state index in [4.69, 9.17) is 47.4 Å². The second kappa shape index (κ2) is 14.8. The van der Waals surface area contributed by atoms with Crippen LogP contribution in [0.5, 0.6) is 5.75 Å². The predicted octanol–water partition coefficient (Wildman–Crippen LogP) is 1.03. The second-order valence-electron chi connectivity index (χ2n) is 12.5. The van der Waals surface area contributed by atoms with Crippen LogP contribution in [0.1, 0.15) is 47.1 Å². The maximum Gasteiger partial charge on any atom is 0.330 e. The monoisotopic (exact) mass is 718 g/mol. The van der Waals surface area contributed by atoms with Gasteiger partial charge in [-0.1, -0.05) is 12.1 Å². The maximum absolute atomic E-state index is 12.8. The summed E-state index contributed by atoms with van der Waals surface area (Å²) in [5, 5.41) is 11.7. The van der Waals surface area contributed by atoms with E-state index in [2.05, 4.69) is 0 Å². The first-order chi connectivity index (χ1) is 24.0. The van der Waals surface area contributed by atoms with Gasteiger partial charge in [0, 0.05) is 40.7 Å². The minimum Gasteiger partial charge on any atom is -0.472 e. The van der Waals surface area contributed by atoms with Crippen molar-refractivity contribution in [2.45, 2.75) is 102 Å². The van der Waals surface area contributed by atoms with Crippen molar-refractivity contribution in [2.75, 3.05) is 6.61 Å². The van der Waals surface area contributed by atoms with Gasteiger partial charge in [-0.25, -0.2) is 4.79 Å². The fourth-order valence-electron chi connectivity index (χ4n) is 6.59. The van der Waals surface area contributed by atoms with Gasteiger partial charge in [0.2, 0.25) is 12.6 Å². The molecule has 4 aliphatic rings. The second-order valence-corrected chi connectivity index (χ2v) is 12.5. The zero-order valence-electron chi connectivity index (χ0n) is 28.5. The SMILES string of the molecule is CC(=O)Oc1ccc(/C=C/C(=O)OC[C@H]2O[C@@H](O[C@@H]3OC=C[C@@]4(O)[C@H](OC(C)=O)[C@@H]5O[C@]5(C)[C@@H]34)[C@H](OC(C)=O)[C@@H](OC(C)=O)[C@H]2OC(C)=O)cc1. The average molecular weight is 719 g/mol. The average Bonchev–Trinajstić information content (AvgIpc) is 3.66. The molecule has 0 amide bonds. The molecule has 2 saturated heterocycles. The summed E-state index contributed by atoms with van der Waals surface area (Å²) in [6, 6.07) is 6.26. The van der Waals surface area contributed by atoms with Gasteiger partial charge in [-0.2, -0.15) is 0 Å². The number of carbonyl (C=O) groups excluding carboxylic acids is 6. The minimum absolute atomic E-state index is 0.314. The highest BCUT2D eigenvalue weighted by Crippen LogP contribution is 2.62.